The average molecular weight is 303 g/mol. The Labute approximate surface area is 85.3 Å². The minimum absolute atomic E-state index is 0.503. The van der Waals surface area contributed by atoms with Gasteiger partial charge in [-0.15, -0.1) is 0 Å². The third kappa shape index (κ3) is 2.13. The van der Waals surface area contributed by atoms with Crippen molar-refractivity contribution in [2.45, 2.75) is 6.92 Å². The van der Waals surface area contributed by atoms with Gasteiger partial charge in [-0.3, -0.25) is 3.07 Å². The first-order chi connectivity index (χ1) is 5.15. The number of halogens is 3. The molecular formula is C7H5Cl2IO. The van der Waals surface area contributed by atoms with Gasteiger partial charge in [-0.1, -0.05) is 23.2 Å². The van der Waals surface area contributed by atoms with Crippen molar-refractivity contribution in [1.29, 1.82) is 0 Å². The number of benzene rings is 1. The molecule has 1 aromatic rings. The van der Waals surface area contributed by atoms with Crippen molar-refractivity contribution in [3.05, 3.63) is 31.3 Å². The first-order valence-corrected chi connectivity index (χ1v) is 5.59. The van der Waals surface area contributed by atoms with Crippen LogP contribution in [0.1, 0.15) is 5.56 Å². The predicted octanol–water partition coefficient (Wildman–Crippen LogP) is 3.79. The van der Waals surface area contributed by atoms with Gasteiger partial charge in [-0.05, 0) is 24.6 Å². The summed E-state index contributed by atoms with van der Waals surface area (Å²) in [6.07, 6.45) is 0. The Morgan fingerprint density at radius 2 is 1.91 bits per heavy atom. The van der Waals surface area contributed by atoms with Crippen LogP contribution in [0.3, 0.4) is 0 Å². The van der Waals surface area contributed by atoms with Crippen LogP contribution in [0.15, 0.2) is 12.1 Å². The van der Waals surface area contributed by atoms with E-state index in [0.717, 1.165) is 5.56 Å². The zero-order valence-electron chi connectivity index (χ0n) is 5.70. The van der Waals surface area contributed by atoms with Gasteiger partial charge in [0.25, 0.3) is 0 Å². The van der Waals surface area contributed by atoms with Gasteiger partial charge in [0, 0.05) is 5.02 Å². The molecule has 0 spiro atoms. The normalized spacial score (nSPS) is 10.1. The van der Waals surface area contributed by atoms with Crippen LogP contribution in [-0.2, 0) is 3.07 Å². The van der Waals surface area contributed by atoms with Crippen molar-refractivity contribution >= 4 is 44.4 Å². The molecule has 0 bridgehead atoms. The van der Waals surface area contributed by atoms with Crippen molar-refractivity contribution in [2.75, 3.05) is 0 Å². The molecule has 0 aliphatic carbocycles. The lowest BCUT2D eigenvalue weighted by Gasteiger charge is -1.99. The Morgan fingerprint density at radius 1 is 1.27 bits per heavy atom. The summed E-state index contributed by atoms with van der Waals surface area (Å²) in [7, 11) is 0. The zero-order valence-corrected chi connectivity index (χ0v) is 9.37. The standard InChI is InChI=1S/C7H5Cl2IO/c1-4-2-7(10-11)6(9)3-5(4)8/h2-3H,1H3. The molecule has 0 saturated carbocycles. The van der Waals surface area contributed by atoms with E-state index in [0.29, 0.717) is 13.6 Å². The Morgan fingerprint density at radius 3 is 2.45 bits per heavy atom. The van der Waals surface area contributed by atoms with Crippen LogP contribution >= 0.6 is 44.4 Å². The van der Waals surface area contributed by atoms with Crippen molar-refractivity contribution in [2.24, 2.45) is 0 Å². The lowest BCUT2D eigenvalue weighted by atomic mass is 10.2. The Kier molecular flexibility index (Phi) is 3.28. The van der Waals surface area contributed by atoms with E-state index in [2.05, 4.69) is 0 Å². The first kappa shape index (κ1) is 9.42. The monoisotopic (exact) mass is 302 g/mol. The lowest BCUT2D eigenvalue weighted by Crippen LogP contribution is -1.79. The van der Waals surface area contributed by atoms with Crippen molar-refractivity contribution in [3.8, 4) is 0 Å². The molecule has 1 nitrogen and oxygen atoms in total. The molecule has 0 aliphatic rings. The summed E-state index contributed by atoms with van der Waals surface area (Å²) < 4.78 is 11.3. The summed E-state index contributed by atoms with van der Waals surface area (Å²) in [6, 6.07) is 3.40. The van der Waals surface area contributed by atoms with Crippen LogP contribution < -0.4 is 0 Å². The molecule has 0 fully saturated rings. The quantitative estimate of drug-likeness (QED) is 0.570. The molecule has 0 aliphatic heterocycles. The van der Waals surface area contributed by atoms with Gasteiger partial charge in [-0.25, -0.2) is 0 Å². The number of rotatable bonds is 1. The van der Waals surface area contributed by atoms with Gasteiger partial charge in [0.15, 0.2) is 21.2 Å². The predicted molar refractivity (Wildman–Crippen MR) is 54.6 cm³/mol. The van der Waals surface area contributed by atoms with Gasteiger partial charge in [0.05, 0.1) is 8.59 Å². The van der Waals surface area contributed by atoms with E-state index < -0.39 is 21.2 Å². The van der Waals surface area contributed by atoms with Gasteiger partial charge in [-0.2, -0.15) is 0 Å². The van der Waals surface area contributed by atoms with E-state index in [4.69, 9.17) is 23.2 Å². The summed E-state index contributed by atoms with van der Waals surface area (Å²) in [5.41, 5.74) is 0.918. The summed E-state index contributed by atoms with van der Waals surface area (Å²) in [5.74, 6) is 0. The summed E-state index contributed by atoms with van der Waals surface area (Å²) in [6.45, 7) is 1.86. The van der Waals surface area contributed by atoms with E-state index in [9.17, 15) is 3.07 Å². The maximum absolute atomic E-state index is 10.6. The molecular weight excluding hydrogens is 298 g/mol. The Hall–Kier alpha value is 0.330. The second-order valence-corrected chi connectivity index (χ2v) is 4.51. The molecule has 4 heteroatoms. The smallest absolute Gasteiger partial charge is 0.183 e. The molecule has 0 heterocycles. The van der Waals surface area contributed by atoms with Gasteiger partial charge >= 0.3 is 0 Å². The molecule has 0 aromatic heterocycles. The minimum Gasteiger partial charge on any atom is -0.265 e. The molecule has 0 amide bonds. The zero-order chi connectivity index (χ0) is 8.43. The van der Waals surface area contributed by atoms with Crippen molar-refractivity contribution in [1.82, 2.24) is 0 Å². The maximum Gasteiger partial charge on any atom is 0.183 e. The summed E-state index contributed by atoms with van der Waals surface area (Å²) >= 11 is 10.3. The van der Waals surface area contributed by atoms with Crippen LogP contribution in [-0.4, -0.2) is 0 Å². The number of hydrogen-bond acceptors (Lipinski definition) is 1. The Balaban J connectivity index is 3.31. The fourth-order valence-corrected chi connectivity index (χ4v) is 2.22. The summed E-state index contributed by atoms with van der Waals surface area (Å²) in [4.78, 5) is 0. The highest BCUT2D eigenvalue weighted by Gasteiger charge is 2.03. The molecule has 0 unspecified atom stereocenters. The SMILES string of the molecule is Cc1cc(I=O)c(Cl)cc1Cl. The fourth-order valence-electron chi connectivity index (χ4n) is 0.681. The number of aryl methyl sites for hydroxylation is 1. The molecule has 11 heavy (non-hydrogen) atoms. The van der Waals surface area contributed by atoms with Crippen LogP contribution in [0.25, 0.3) is 0 Å². The average Bonchev–Trinajstić information content (AvgIpc) is 1.97. The van der Waals surface area contributed by atoms with Gasteiger partial charge < -0.3 is 0 Å². The second kappa shape index (κ2) is 3.83. The summed E-state index contributed by atoms with van der Waals surface area (Å²) in [5, 5.41) is 1.12. The minimum atomic E-state index is -1.18. The second-order valence-electron chi connectivity index (χ2n) is 2.09. The van der Waals surface area contributed by atoms with Crippen molar-refractivity contribution < 1.29 is 3.07 Å². The molecule has 60 valence electrons. The van der Waals surface area contributed by atoms with Crippen LogP contribution in [0.4, 0.5) is 0 Å². The largest absolute Gasteiger partial charge is 0.265 e. The van der Waals surface area contributed by atoms with E-state index in [-0.39, 0.29) is 0 Å². The molecule has 0 atom stereocenters. The molecule has 1 rings (SSSR count). The van der Waals surface area contributed by atoms with Gasteiger partial charge in [0.2, 0.25) is 0 Å². The van der Waals surface area contributed by atoms with Crippen LogP contribution in [0.2, 0.25) is 10.0 Å². The highest BCUT2D eigenvalue weighted by molar-refractivity contribution is 14.1. The Bertz CT molecular complexity index is 299. The first-order valence-electron chi connectivity index (χ1n) is 2.88. The topological polar surface area (TPSA) is 17.1 Å². The van der Waals surface area contributed by atoms with E-state index >= 15 is 0 Å². The molecule has 0 saturated heterocycles. The van der Waals surface area contributed by atoms with Gasteiger partial charge in [0.1, 0.15) is 0 Å². The highest BCUT2D eigenvalue weighted by atomic mass is 127. The third-order valence-electron chi connectivity index (χ3n) is 1.28. The lowest BCUT2D eigenvalue weighted by molar-refractivity contribution is 0.648. The molecule has 1 aromatic carbocycles. The van der Waals surface area contributed by atoms with E-state index in [1.807, 2.05) is 6.92 Å². The van der Waals surface area contributed by atoms with E-state index in [1.54, 1.807) is 12.1 Å². The highest BCUT2D eigenvalue weighted by Crippen LogP contribution is 2.27. The molecule has 0 N–H and O–H groups in total. The van der Waals surface area contributed by atoms with Crippen LogP contribution in [0, 0.1) is 10.5 Å². The third-order valence-corrected chi connectivity index (χ3v) is 3.69. The number of hydrogen-bond donors (Lipinski definition) is 0. The molecule has 0 radical (unpaired) electrons. The van der Waals surface area contributed by atoms with Crippen LogP contribution in [0.5, 0.6) is 0 Å². The van der Waals surface area contributed by atoms with E-state index in [1.165, 1.54) is 0 Å². The fraction of sp³-hybridized carbons (Fsp3) is 0.143. The maximum atomic E-state index is 10.6. The van der Waals surface area contributed by atoms with Crippen molar-refractivity contribution in [3.63, 3.8) is 0 Å².